The van der Waals surface area contributed by atoms with Crippen LogP contribution in [0.4, 0.5) is 4.79 Å². The van der Waals surface area contributed by atoms with Crippen LogP contribution in [0.3, 0.4) is 0 Å². The number of hydrogen-bond acceptors (Lipinski definition) is 7. The Balaban J connectivity index is 1.35. The van der Waals surface area contributed by atoms with Crippen molar-refractivity contribution >= 4 is 29.3 Å². The zero-order valence-corrected chi connectivity index (χ0v) is 19.1. The minimum absolute atomic E-state index is 0.0175. The highest BCUT2D eigenvalue weighted by molar-refractivity contribution is 7.15. The number of aromatic nitrogens is 1. The van der Waals surface area contributed by atoms with Gasteiger partial charge in [0.1, 0.15) is 11.6 Å². The molecule has 2 aliphatic heterocycles. The predicted molar refractivity (Wildman–Crippen MR) is 119 cm³/mol. The van der Waals surface area contributed by atoms with Crippen molar-refractivity contribution in [2.75, 3.05) is 26.3 Å². The number of esters is 1. The van der Waals surface area contributed by atoms with E-state index in [0.29, 0.717) is 25.9 Å². The van der Waals surface area contributed by atoms with Gasteiger partial charge in [-0.2, -0.15) is 0 Å². The second kappa shape index (κ2) is 9.68. The number of piperidine rings is 1. The first-order valence-corrected chi connectivity index (χ1v) is 11.7. The Morgan fingerprint density at radius 3 is 2.62 bits per heavy atom. The maximum atomic E-state index is 12.9. The van der Waals surface area contributed by atoms with Gasteiger partial charge in [0.15, 0.2) is 6.04 Å². The predicted octanol–water partition coefficient (Wildman–Crippen LogP) is 3.04. The fraction of sp³-hybridized carbons (Fsp3) is 0.478. The highest BCUT2D eigenvalue weighted by Gasteiger charge is 2.44. The molecule has 0 N–H and O–H groups in total. The topological polar surface area (TPSA) is 89.0 Å². The van der Waals surface area contributed by atoms with Crippen molar-refractivity contribution in [3.05, 3.63) is 40.9 Å². The number of thiazole rings is 1. The average Bonchev–Trinajstić information content (AvgIpc) is 3.37. The van der Waals surface area contributed by atoms with E-state index in [-0.39, 0.29) is 31.6 Å². The molecule has 2 fully saturated rings. The van der Waals surface area contributed by atoms with Crippen LogP contribution in [0.25, 0.3) is 10.6 Å². The van der Waals surface area contributed by atoms with E-state index >= 15 is 0 Å². The molecule has 2 aromatic rings. The number of amides is 2. The zero-order valence-electron chi connectivity index (χ0n) is 18.3. The minimum Gasteiger partial charge on any atom is -0.464 e. The number of ether oxygens (including phenoxy) is 2. The molecular weight excluding hydrogens is 430 g/mol. The van der Waals surface area contributed by atoms with Gasteiger partial charge in [0, 0.05) is 29.6 Å². The summed E-state index contributed by atoms with van der Waals surface area (Å²) in [5.74, 6) is -0.410. The fourth-order valence-electron chi connectivity index (χ4n) is 4.20. The smallest absolute Gasteiger partial charge is 0.410 e. The molecule has 2 amide bonds. The number of rotatable bonds is 6. The quantitative estimate of drug-likeness (QED) is 0.620. The Labute approximate surface area is 191 Å². The molecule has 0 spiro atoms. The Hall–Kier alpha value is -2.94. The second-order valence-corrected chi connectivity index (χ2v) is 9.13. The van der Waals surface area contributed by atoms with Gasteiger partial charge in [-0.15, -0.1) is 11.3 Å². The summed E-state index contributed by atoms with van der Waals surface area (Å²) in [6.45, 7) is 5.05. The normalized spacial score (nSPS) is 19.2. The molecule has 2 saturated heterocycles. The summed E-state index contributed by atoms with van der Waals surface area (Å²) < 4.78 is 10.2. The first-order valence-electron chi connectivity index (χ1n) is 10.9. The number of benzene rings is 1. The third-order valence-corrected chi connectivity index (χ3v) is 6.97. The van der Waals surface area contributed by atoms with Crippen molar-refractivity contribution in [3.63, 3.8) is 0 Å². The minimum atomic E-state index is -0.705. The van der Waals surface area contributed by atoms with Crippen molar-refractivity contribution in [1.82, 2.24) is 14.8 Å². The van der Waals surface area contributed by atoms with Gasteiger partial charge in [-0.05, 0) is 26.7 Å². The molecule has 1 aromatic carbocycles. The van der Waals surface area contributed by atoms with Crippen molar-refractivity contribution < 1.29 is 23.9 Å². The van der Waals surface area contributed by atoms with Crippen LogP contribution in [0, 0.1) is 6.92 Å². The van der Waals surface area contributed by atoms with Crippen LogP contribution in [0.15, 0.2) is 30.3 Å². The van der Waals surface area contributed by atoms with E-state index in [1.807, 2.05) is 42.2 Å². The largest absolute Gasteiger partial charge is 0.464 e. The Morgan fingerprint density at radius 1 is 1.22 bits per heavy atom. The molecule has 2 aliphatic rings. The summed E-state index contributed by atoms with van der Waals surface area (Å²) in [6, 6.07) is 9.10. The molecule has 0 aliphatic carbocycles. The van der Waals surface area contributed by atoms with E-state index < -0.39 is 18.1 Å². The molecule has 0 saturated carbocycles. The molecule has 3 heterocycles. The SMILES string of the molecule is CCOC(=O)[C@@H]1COC(=O)N1C1CCN(C(=O)Cc2nc(-c3ccccc3)sc2C)CC1. The van der Waals surface area contributed by atoms with Crippen LogP contribution in [-0.4, -0.2) is 71.1 Å². The van der Waals surface area contributed by atoms with Crippen LogP contribution in [0.1, 0.15) is 30.3 Å². The number of aryl methyl sites for hydroxylation is 1. The maximum Gasteiger partial charge on any atom is 0.410 e. The lowest BCUT2D eigenvalue weighted by Crippen LogP contribution is -2.52. The Bertz CT molecular complexity index is 985. The lowest BCUT2D eigenvalue weighted by Gasteiger charge is -2.37. The highest BCUT2D eigenvalue weighted by atomic mass is 32.1. The third kappa shape index (κ3) is 4.62. The fourth-order valence-corrected chi connectivity index (χ4v) is 5.14. The van der Waals surface area contributed by atoms with Crippen LogP contribution in [-0.2, 0) is 25.5 Å². The molecule has 0 radical (unpaired) electrons. The zero-order chi connectivity index (χ0) is 22.7. The van der Waals surface area contributed by atoms with Crippen molar-refractivity contribution in [1.29, 1.82) is 0 Å². The van der Waals surface area contributed by atoms with Crippen molar-refractivity contribution in [3.8, 4) is 10.6 Å². The van der Waals surface area contributed by atoms with Crippen molar-refractivity contribution in [2.24, 2.45) is 0 Å². The lowest BCUT2D eigenvalue weighted by atomic mass is 10.0. The van der Waals surface area contributed by atoms with E-state index in [1.54, 1.807) is 18.3 Å². The van der Waals surface area contributed by atoms with E-state index in [2.05, 4.69) is 0 Å². The lowest BCUT2D eigenvalue weighted by molar-refractivity contribution is -0.149. The van der Waals surface area contributed by atoms with Crippen LogP contribution >= 0.6 is 11.3 Å². The maximum absolute atomic E-state index is 12.9. The highest BCUT2D eigenvalue weighted by Crippen LogP contribution is 2.29. The van der Waals surface area contributed by atoms with Crippen LogP contribution in [0.5, 0.6) is 0 Å². The number of carbonyl (C=O) groups is 3. The van der Waals surface area contributed by atoms with Gasteiger partial charge >= 0.3 is 12.1 Å². The summed E-state index contributed by atoms with van der Waals surface area (Å²) >= 11 is 1.60. The van der Waals surface area contributed by atoms with Gasteiger partial charge in [-0.3, -0.25) is 9.69 Å². The summed E-state index contributed by atoms with van der Waals surface area (Å²) in [5, 5.41) is 0.919. The van der Waals surface area contributed by atoms with Gasteiger partial charge in [-0.1, -0.05) is 30.3 Å². The first-order chi connectivity index (χ1) is 15.5. The molecule has 1 aromatic heterocycles. The average molecular weight is 458 g/mol. The van der Waals surface area contributed by atoms with Gasteiger partial charge in [0.2, 0.25) is 5.91 Å². The Morgan fingerprint density at radius 2 is 1.94 bits per heavy atom. The number of carbonyl (C=O) groups excluding carboxylic acids is 3. The Kier molecular flexibility index (Phi) is 6.74. The van der Waals surface area contributed by atoms with E-state index in [0.717, 1.165) is 21.1 Å². The first kappa shape index (κ1) is 22.3. The molecule has 1 atom stereocenters. The van der Waals surface area contributed by atoms with Gasteiger partial charge in [0.25, 0.3) is 0 Å². The molecule has 32 heavy (non-hydrogen) atoms. The molecule has 0 bridgehead atoms. The van der Waals surface area contributed by atoms with Gasteiger partial charge in [0.05, 0.1) is 18.7 Å². The molecule has 4 rings (SSSR count). The number of hydrogen-bond donors (Lipinski definition) is 0. The van der Waals surface area contributed by atoms with E-state index in [4.69, 9.17) is 14.5 Å². The second-order valence-electron chi connectivity index (χ2n) is 7.93. The van der Waals surface area contributed by atoms with E-state index in [1.165, 1.54) is 4.90 Å². The van der Waals surface area contributed by atoms with Crippen molar-refractivity contribution in [2.45, 2.75) is 45.2 Å². The number of cyclic esters (lactones) is 1. The van der Waals surface area contributed by atoms with Crippen LogP contribution < -0.4 is 0 Å². The summed E-state index contributed by atoms with van der Waals surface area (Å²) in [5.41, 5.74) is 1.86. The summed E-state index contributed by atoms with van der Waals surface area (Å²) in [6.07, 6.45) is 0.973. The molecule has 170 valence electrons. The summed E-state index contributed by atoms with van der Waals surface area (Å²) in [4.78, 5) is 46.4. The van der Waals surface area contributed by atoms with E-state index in [9.17, 15) is 14.4 Å². The van der Waals surface area contributed by atoms with Gasteiger partial charge < -0.3 is 14.4 Å². The number of likely N-dealkylation sites (tertiary alicyclic amines) is 1. The summed E-state index contributed by atoms with van der Waals surface area (Å²) in [7, 11) is 0. The number of nitrogens with zero attached hydrogens (tertiary/aromatic N) is 3. The van der Waals surface area contributed by atoms with Gasteiger partial charge in [-0.25, -0.2) is 14.6 Å². The molecule has 8 nitrogen and oxygen atoms in total. The molecule has 9 heteroatoms. The third-order valence-electron chi connectivity index (χ3n) is 5.91. The van der Waals surface area contributed by atoms with Crippen LogP contribution in [0.2, 0.25) is 0 Å². The monoisotopic (exact) mass is 457 g/mol. The standard InChI is InChI=1S/C23H27N3O5S/c1-3-30-22(28)19-14-31-23(29)26(19)17-9-11-25(12-10-17)20(27)13-18-15(2)32-21(24-18)16-7-5-4-6-8-16/h4-8,17,19H,3,9-14H2,1-2H3/t19-/m0/s1. The molecule has 0 unspecified atom stereocenters. The molecular formula is C23H27N3O5S.